The number of nitrogens with zero attached hydrogens (tertiary/aromatic N) is 1. The number of halogens is 1. The molecule has 54 valence electrons. The predicted octanol–water partition coefficient (Wildman–Crippen LogP) is 1.07. The molecule has 4 nitrogen and oxygen atoms in total. The van der Waals surface area contributed by atoms with E-state index < -0.39 is 5.97 Å². The molecule has 5 heteroatoms. The molecule has 1 heterocycles. The van der Waals surface area contributed by atoms with Gasteiger partial charge in [-0.1, -0.05) is 11.6 Å². The highest BCUT2D eigenvalue weighted by Gasteiger charge is 2.13. The highest BCUT2D eigenvalue weighted by Crippen LogP contribution is 2.16. The summed E-state index contributed by atoms with van der Waals surface area (Å²) in [6.45, 7) is 1.65. The Kier molecular flexibility index (Phi) is 1.63. The lowest BCUT2D eigenvalue weighted by molar-refractivity contribution is 0.0690. The highest BCUT2D eigenvalue weighted by atomic mass is 35.5. The molecule has 10 heavy (non-hydrogen) atoms. The molecule has 2 N–H and O–H groups in total. The van der Waals surface area contributed by atoms with Crippen molar-refractivity contribution in [3.8, 4) is 0 Å². The van der Waals surface area contributed by atoms with Gasteiger partial charge in [0.1, 0.15) is 0 Å². The molecule has 0 unspecified atom stereocenters. The average molecular weight is 161 g/mol. The summed E-state index contributed by atoms with van der Waals surface area (Å²) < 4.78 is 0. The number of nitrogens with one attached hydrogen (secondary N) is 1. The summed E-state index contributed by atoms with van der Waals surface area (Å²) in [7, 11) is 0. The maximum absolute atomic E-state index is 10.3. The number of carboxylic acid groups (broad SMARTS) is 1. The molecule has 0 amide bonds. The molecular weight excluding hydrogens is 156 g/mol. The third kappa shape index (κ3) is 0.974. The minimum atomic E-state index is -1.12. The zero-order valence-electron chi connectivity index (χ0n) is 5.18. The minimum Gasteiger partial charge on any atom is -0.476 e. The van der Waals surface area contributed by atoms with E-state index in [1.54, 1.807) is 6.92 Å². The number of hydrogen-bond acceptors (Lipinski definition) is 2. The number of aromatic carboxylic acids is 1. The number of rotatable bonds is 1. The summed E-state index contributed by atoms with van der Waals surface area (Å²) >= 11 is 5.53. The van der Waals surface area contributed by atoms with Crippen LogP contribution in [0.4, 0.5) is 0 Å². The fourth-order valence-corrected chi connectivity index (χ4v) is 0.723. The molecule has 0 saturated carbocycles. The summed E-state index contributed by atoms with van der Waals surface area (Å²) in [5.41, 5.74) is 0.443. The van der Waals surface area contributed by atoms with Crippen molar-refractivity contribution in [2.45, 2.75) is 6.92 Å². The maximum atomic E-state index is 10.3. The van der Waals surface area contributed by atoms with Gasteiger partial charge in [0, 0.05) is 0 Å². The van der Waals surface area contributed by atoms with E-state index in [9.17, 15) is 4.79 Å². The first-order chi connectivity index (χ1) is 4.63. The van der Waals surface area contributed by atoms with Gasteiger partial charge in [0.2, 0.25) is 0 Å². The van der Waals surface area contributed by atoms with E-state index in [2.05, 4.69) is 10.2 Å². The van der Waals surface area contributed by atoms with Crippen LogP contribution in [-0.2, 0) is 0 Å². The lowest BCUT2D eigenvalue weighted by Gasteiger charge is -1.84. The molecule has 0 aliphatic rings. The van der Waals surface area contributed by atoms with Crippen LogP contribution in [-0.4, -0.2) is 21.3 Å². The molecule has 0 bridgehead atoms. The molecule has 0 atom stereocenters. The number of aryl methyl sites for hydroxylation is 1. The number of carboxylic acids is 1. The van der Waals surface area contributed by atoms with Gasteiger partial charge in [-0.15, -0.1) is 0 Å². The highest BCUT2D eigenvalue weighted by molar-refractivity contribution is 6.33. The lowest BCUT2D eigenvalue weighted by atomic mass is 10.4. The van der Waals surface area contributed by atoms with Gasteiger partial charge in [-0.2, -0.15) is 5.10 Å². The third-order valence-corrected chi connectivity index (χ3v) is 1.54. The monoisotopic (exact) mass is 160 g/mol. The second-order valence-electron chi connectivity index (χ2n) is 1.82. The molecule has 1 aromatic heterocycles. The molecule has 0 aliphatic heterocycles. The van der Waals surface area contributed by atoms with Gasteiger partial charge in [0.05, 0.1) is 10.7 Å². The Bertz CT molecular complexity index is 269. The van der Waals surface area contributed by atoms with Crippen molar-refractivity contribution >= 4 is 17.6 Å². The molecule has 1 rings (SSSR count). The van der Waals surface area contributed by atoms with Crippen LogP contribution in [0.15, 0.2) is 0 Å². The van der Waals surface area contributed by atoms with Crippen molar-refractivity contribution in [3.05, 3.63) is 16.4 Å². The van der Waals surface area contributed by atoms with Crippen molar-refractivity contribution in [1.82, 2.24) is 10.2 Å². The van der Waals surface area contributed by atoms with Crippen LogP contribution in [0.3, 0.4) is 0 Å². The summed E-state index contributed by atoms with van der Waals surface area (Å²) in [5, 5.41) is 14.5. The van der Waals surface area contributed by atoms with Crippen molar-refractivity contribution in [2.24, 2.45) is 0 Å². The van der Waals surface area contributed by atoms with Crippen molar-refractivity contribution in [2.75, 3.05) is 0 Å². The predicted molar refractivity (Wildman–Crippen MR) is 35.3 cm³/mol. The maximum Gasteiger partial charge on any atom is 0.357 e. The number of carbonyl (C=O) groups is 1. The standard InChI is InChI=1S/C5H5ClN2O2/c1-2-3(6)4(5(9)10)8-7-2/h1H3,(H,7,8)(H,9,10). The van der Waals surface area contributed by atoms with Crippen LogP contribution in [0.1, 0.15) is 16.2 Å². The minimum absolute atomic E-state index is 0.126. The van der Waals surface area contributed by atoms with Crippen LogP contribution in [0, 0.1) is 6.92 Å². The SMILES string of the molecule is Cc1[nH]nc(C(=O)O)c1Cl. The Hall–Kier alpha value is -1.03. The average Bonchev–Trinajstić information content (AvgIpc) is 2.14. The lowest BCUT2D eigenvalue weighted by Crippen LogP contribution is -1.96. The van der Waals surface area contributed by atoms with E-state index in [-0.39, 0.29) is 10.7 Å². The number of aromatic nitrogens is 2. The van der Waals surface area contributed by atoms with Gasteiger partial charge in [-0.05, 0) is 6.92 Å². The van der Waals surface area contributed by atoms with Crippen LogP contribution < -0.4 is 0 Å². The zero-order valence-corrected chi connectivity index (χ0v) is 5.94. The summed E-state index contributed by atoms with van der Waals surface area (Å²) in [4.78, 5) is 10.3. The van der Waals surface area contributed by atoms with Crippen molar-refractivity contribution in [3.63, 3.8) is 0 Å². The Morgan fingerprint density at radius 2 is 2.40 bits per heavy atom. The fourth-order valence-electron chi connectivity index (χ4n) is 0.557. The largest absolute Gasteiger partial charge is 0.476 e. The quantitative estimate of drug-likeness (QED) is 0.646. The van der Waals surface area contributed by atoms with Crippen LogP contribution in [0.5, 0.6) is 0 Å². The van der Waals surface area contributed by atoms with Crippen molar-refractivity contribution in [1.29, 1.82) is 0 Å². The number of hydrogen-bond donors (Lipinski definition) is 2. The Morgan fingerprint density at radius 1 is 1.80 bits per heavy atom. The molecule has 0 saturated heterocycles. The molecule has 0 aromatic carbocycles. The van der Waals surface area contributed by atoms with E-state index in [4.69, 9.17) is 16.7 Å². The Balaban J connectivity index is 3.17. The second-order valence-corrected chi connectivity index (χ2v) is 2.19. The van der Waals surface area contributed by atoms with Crippen LogP contribution >= 0.6 is 11.6 Å². The van der Waals surface area contributed by atoms with Gasteiger partial charge in [0.25, 0.3) is 0 Å². The molecule has 0 spiro atoms. The number of H-pyrrole nitrogens is 1. The van der Waals surface area contributed by atoms with E-state index in [1.807, 2.05) is 0 Å². The summed E-state index contributed by atoms with van der Waals surface area (Å²) in [6.07, 6.45) is 0. The first-order valence-corrected chi connectivity index (χ1v) is 2.94. The smallest absolute Gasteiger partial charge is 0.357 e. The first-order valence-electron chi connectivity index (χ1n) is 2.56. The molecular formula is C5H5ClN2O2. The molecule has 1 aromatic rings. The Morgan fingerprint density at radius 3 is 2.60 bits per heavy atom. The van der Waals surface area contributed by atoms with Crippen LogP contribution in [0.2, 0.25) is 5.02 Å². The van der Waals surface area contributed by atoms with E-state index in [1.165, 1.54) is 0 Å². The van der Waals surface area contributed by atoms with Crippen molar-refractivity contribution < 1.29 is 9.90 Å². The number of aromatic amines is 1. The zero-order chi connectivity index (χ0) is 7.72. The third-order valence-electron chi connectivity index (χ3n) is 1.08. The topological polar surface area (TPSA) is 66.0 Å². The van der Waals surface area contributed by atoms with Gasteiger partial charge >= 0.3 is 5.97 Å². The van der Waals surface area contributed by atoms with Crippen LogP contribution in [0.25, 0.3) is 0 Å². The summed E-state index contributed by atoms with van der Waals surface area (Å²) in [5.74, 6) is -1.12. The van der Waals surface area contributed by atoms with E-state index in [0.29, 0.717) is 5.69 Å². The van der Waals surface area contributed by atoms with Gasteiger partial charge in [0.15, 0.2) is 5.69 Å². The Labute approximate surface area is 61.8 Å². The van der Waals surface area contributed by atoms with E-state index >= 15 is 0 Å². The van der Waals surface area contributed by atoms with E-state index in [0.717, 1.165) is 0 Å². The van der Waals surface area contributed by atoms with Gasteiger partial charge < -0.3 is 5.11 Å². The first kappa shape index (κ1) is 7.08. The van der Waals surface area contributed by atoms with Gasteiger partial charge in [-0.3, -0.25) is 5.10 Å². The molecule has 0 radical (unpaired) electrons. The summed E-state index contributed by atoms with van der Waals surface area (Å²) in [6, 6.07) is 0. The normalized spacial score (nSPS) is 9.80. The van der Waals surface area contributed by atoms with Gasteiger partial charge in [-0.25, -0.2) is 4.79 Å². The molecule has 0 aliphatic carbocycles. The fraction of sp³-hybridized carbons (Fsp3) is 0.200. The second kappa shape index (κ2) is 2.30. The molecule has 0 fully saturated rings.